The van der Waals surface area contributed by atoms with Crippen molar-refractivity contribution in [2.45, 2.75) is 25.8 Å². The number of rotatable bonds is 6. The summed E-state index contributed by atoms with van der Waals surface area (Å²) in [7, 11) is -2.61. The molecule has 104 valence electrons. The molecule has 2 aromatic rings. The van der Waals surface area contributed by atoms with Gasteiger partial charge in [0.05, 0.1) is 0 Å². The second kappa shape index (κ2) is 6.68. The van der Waals surface area contributed by atoms with Crippen LogP contribution in [-0.4, -0.2) is 13.1 Å². The summed E-state index contributed by atoms with van der Waals surface area (Å²) in [5.74, 6) is 0. The Kier molecular flexibility index (Phi) is 4.93. The van der Waals surface area contributed by atoms with E-state index in [0.717, 1.165) is 29.3 Å². The minimum Gasteiger partial charge on any atom is -0.424 e. The SMILES string of the molecule is C=C(C)CCC[Si](O)(c1ccccc1)c1ccccc1. The maximum atomic E-state index is 11.4. The highest BCUT2D eigenvalue weighted by molar-refractivity contribution is 6.96. The van der Waals surface area contributed by atoms with E-state index in [9.17, 15) is 4.80 Å². The molecule has 0 aromatic heterocycles. The van der Waals surface area contributed by atoms with E-state index >= 15 is 0 Å². The van der Waals surface area contributed by atoms with Crippen LogP contribution in [0.15, 0.2) is 72.8 Å². The third-order valence-electron chi connectivity index (χ3n) is 3.64. The lowest BCUT2D eigenvalue weighted by Crippen LogP contribution is -2.58. The van der Waals surface area contributed by atoms with Crippen LogP contribution in [0.2, 0.25) is 6.04 Å². The lowest BCUT2D eigenvalue weighted by atomic mass is 10.2. The van der Waals surface area contributed by atoms with Crippen LogP contribution in [-0.2, 0) is 0 Å². The Bertz CT molecular complexity index is 509. The standard InChI is InChI=1S/C18H22OSi/c1-16(2)10-9-15-20(19,17-11-5-3-6-12-17)18-13-7-4-8-14-18/h3-8,11-14,19H,1,9-10,15H2,2H3. The molecule has 0 saturated heterocycles. The summed E-state index contributed by atoms with van der Waals surface area (Å²) in [6.07, 6.45) is 1.97. The molecule has 0 spiro atoms. The highest BCUT2D eigenvalue weighted by Gasteiger charge is 2.34. The van der Waals surface area contributed by atoms with Gasteiger partial charge in [-0.1, -0.05) is 66.2 Å². The maximum Gasteiger partial charge on any atom is 0.252 e. The first-order valence-corrected chi connectivity index (χ1v) is 9.26. The molecular weight excluding hydrogens is 260 g/mol. The molecular formula is C18H22OSi. The molecule has 0 fully saturated rings. The molecule has 0 aliphatic rings. The van der Waals surface area contributed by atoms with Gasteiger partial charge in [-0.15, -0.1) is 6.58 Å². The van der Waals surface area contributed by atoms with Gasteiger partial charge in [-0.05, 0) is 36.2 Å². The average molecular weight is 282 g/mol. The molecule has 20 heavy (non-hydrogen) atoms. The van der Waals surface area contributed by atoms with Crippen LogP contribution in [0, 0.1) is 0 Å². The predicted molar refractivity (Wildman–Crippen MR) is 89.0 cm³/mol. The summed E-state index contributed by atoms with van der Waals surface area (Å²) in [5, 5.41) is 2.18. The minimum absolute atomic E-state index is 0.841. The normalized spacial score (nSPS) is 11.3. The summed E-state index contributed by atoms with van der Waals surface area (Å²) >= 11 is 0. The second-order valence-electron chi connectivity index (χ2n) is 5.40. The van der Waals surface area contributed by atoms with Crippen molar-refractivity contribution in [3.8, 4) is 0 Å². The molecule has 0 unspecified atom stereocenters. The Morgan fingerprint density at radius 1 is 0.950 bits per heavy atom. The molecule has 0 bridgehead atoms. The van der Waals surface area contributed by atoms with Gasteiger partial charge in [0.15, 0.2) is 0 Å². The summed E-state index contributed by atoms with van der Waals surface area (Å²) < 4.78 is 0. The van der Waals surface area contributed by atoms with Crippen molar-refractivity contribution in [1.29, 1.82) is 0 Å². The topological polar surface area (TPSA) is 20.2 Å². The molecule has 0 heterocycles. The number of hydrogen-bond donors (Lipinski definition) is 1. The van der Waals surface area contributed by atoms with Crippen LogP contribution < -0.4 is 10.4 Å². The summed E-state index contributed by atoms with van der Waals surface area (Å²) in [6, 6.07) is 21.1. The fraction of sp³-hybridized carbons (Fsp3) is 0.222. The molecule has 0 aliphatic carbocycles. The van der Waals surface area contributed by atoms with Gasteiger partial charge < -0.3 is 4.80 Å². The maximum absolute atomic E-state index is 11.4. The third kappa shape index (κ3) is 3.47. The molecule has 2 rings (SSSR count). The minimum atomic E-state index is -2.61. The van der Waals surface area contributed by atoms with Crippen LogP contribution in [0.25, 0.3) is 0 Å². The Morgan fingerprint density at radius 3 is 1.80 bits per heavy atom. The molecule has 1 N–H and O–H groups in total. The van der Waals surface area contributed by atoms with Crippen LogP contribution in [0.4, 0.5) is 0 Å². The van der Waals surface area contributed by atoms with Crippen LogP contribution in [0.3, 0.4) is 0 Å². The van der Waals surface area contributed by atoms with Crippen molar-refractivity contribution in [3.05, 3.63) is 72.8 Å². The van der Waals surface area contributed by atoms with Crippen LogP contribution in [0.1, 0.15) is 19.8 Å². The number of hydrogen-bond acceptors (Lipinski definition) is 1. The Balaban J connectivity index is 2.31. The Labute approximate surface area is 122 Å². The van der Waals surface area contributed by atoms with Gasteiger partial charge in [0, 0.05) is 0 Å². The van der Waals surface area contributed by atoms with Crippen molar-refractivity contribution >= 4 is 18.7 Å². The fourth-order valence-electron chi connectivity index (χ4n) is 2.53. The van der Waals surface area contributed by atoms with E-state index in [4.69, 9.17) is 0 Å². The summed E-state index contributed by atoms with van der Waals surface area (Å²) in [4.78, 5) is 11.4. The summed E-state index contributed by atoms with van der Waals surface area (Å²) in [5.41, 5.74) is 1.18. The van der Waals surface area contributed by atoms with Gasteiger partial charge in [-0.3, -0.25) is 0 Å². The highest BCUT2D eigenvalue weighted by Crippen LogP contribution is 2.14. The quantitative estimate of drug-likeness (QED) is 0.637. The molecule has 0 radical (unpaired) electrons. The van der Waals surface area contributed by atoms with E-state index < -0.39 is 8.32 Å². The zero-order valence-corrected chi connectivity index (χ0v) is 13.0. The van der Waals surface area contributed by atoms with E-state index in [-0.39, 0.29) is 0 Å². The molecule has 0 saturated carbocycles. The fourth-order valence-corrected chi connectivity index (χ4v) is 5.62. The molecule has 1 nitrogen and oxygen atoms in total. The van der Waals surface area contributed by atoms with Crippen molar-refractivity contribution < 1.29 is 4.80 Å². The number of benzene rings is 2. The first-order chi connectivity index (χ1) is 9.63. The highest BCUT2D eigenvalue weighted by atomic mass is 28.4. The van der Waals surface area contributed by atoms with Gasteiger partial charge in [0.1, 0.15) is 0 Å². The van der Waals surface area contributed by atoms with Crippen molar-refractivity contribution in [1.82, 2.24) is 0 Å². The first-order valence-electron chi connectivity index (χ1n) is 7.11. The van der Waals surface area contributed by atoms with Gasteiger partial charge in [-0.2, -0.15) is 0 Å². The van der Waals surface area contributed by atoms with E-state index in [1.807, 2.05) is 43.3 Å². The van der Waals surface area contributed by atoms with E-state index in [1.54, 1.807) is 0 Å². The second-order valence-corrected chi connectivity index (χ2v) is 8.78. The van der Waals surface area contributed by atoms with Crippen LogP contribution >= 0.6 is 0 Å². The zero-order chi connectivity index (χ0) is 14.4. The smallest absolute Gasteiger partial charge is 0.252 e. The number of allylic oxidation sites excluding steroid dienone is 1. The molecule has 2 heteroatoms. The molecule has 0 atom stereocenters. The molecule has 0 amide bonds. The lowest BCUT2D eigenvalue weighted by Gasteiger charge is -2.26. The summed E-state index contributed by atoms with van der Waals surface area (Å²) in [6.45, 7) is 6.00. The van der Waals surface area contributed by atoms with Crippen LogP contribution in [0.5, 0.6) is 0 Å². The van der Waals surface area contributed by atoms with E-state index in [1.165, 1.54) is 5.57 Å². The van der Waals surface area contributed by atoms with Crippen molar-refractivity contribution in [3.63, 3.8) is 0 Å². The van der Waals surface area contributed by atoms with Crippen molar-refractivity contribution in [2.24, 2.45) is 0 Å². The predicted octanol–water partition coefficient (Wildman–Crippen LogP) is 3.09. The van der Waals surface area contributed by atoms with Gasteiger partial charge in [0.25, 0.3) is 8.32 Å². The van der Waals surface area contributed by atoms with Gasteiger partial charge in [0.2, 0.25) is 0 Å². The molecule has 2 aromatic carbocycles. The monoisotopic (exact) mass is 282 g/mol. The van der Waals surface area contributed by atoms with Gasteiger partial charge in [-0.25, -0.2) is 0 Å². The van der Waals surface area contributed by atoms with Gasteiger partial charge >= 0.3 is 0 Å². The van der Waals surface area contributed by atoms with E-state index in [2.05, 4.69) is 30.8 Å². The molecule has 0 aliphatic heterocycles. The third-order valence-corrected chi connectivity index (χ3v) is 7.30. The zero-order valence-electron chi connectivity index (χ0n) is 12.0. The Morgan fingerprint density at radius 2 is 1.40 bits per heavy atom. The van der Waals surface area contributed by atoms with E-state index in [0.29, 0.717) is 0 Å². The average Bonchev–Trinajstić information content (AvgIpc) is 2.48. The Hall–Kier alpha value is -1.64. The lowest BCUT2D eigenvalue weighted by molar-refractivity contribution is 0.560. The first kappa shape index (κ1) is 14.8. The van der Waals surface area contributed by atoms with Crippen molar-refractivity contribution in [2.75, 3.05) is 0 Å². The largest absolute Gasteiger partial charge is 0.424 e.